The van der Waals surface area contributed by atoms with Crippen LogP contribution in [0.3, 0.4) is 0 Å². The van der Waals surface area contributed by atoms with E-state index in [1.165, 1.54) is 0 Å². The van der Waals surface area contributed by atoms with Gasteiger partial charge in [-0.1, -0.05) is 36.4 Å². The minimum absolute atomic E-state index is 0.0867. The van der Waals surface area contributed by atoms with Crippen LogP contribution in [0.4, 0.5) is 11.4 Å². The van der Waals surface area contributed by atoms with E-state index in [0.717, 1.165) is 23.4 Å². The van der Waals surface area contributed by atoms with Crippen molar-refractivity contribution >= 4 is 11.4 Å². The molecule has 4 nitrogen and oxygen atoms in total. The van der Waals surface area contributed by atoms with E-state index in [-0.39, 0.29) is 12.1 Å². The van der Waals surface area contributed by atoms with Crippen LogP contribution in [0.5, 0.6) is 0 Å². The zero-order chi connectivity index (χ0) is 13.9. The van der Waals surface area contributed by atoms with E-state index >= 15 is 0 Å². The molecule has 0 saturated heterocycles. The molecule has 1 heterocycles. The van der Waals surface area contributed by atoms with Crippen molar-refractivity contribution in [2.45, 2.75) is 25.4 Å². The summed E-state index contributed by atoms with van der Waals surface area (Å²) in [5.41, 5.74) is 3.11. The Kier molecular flexibility index (Phi) is 3.37. The van der Waals surface area contributed by atoms with Crippen LogP contribution in [0.2, 0.25) is 0 Å². The Morgan fingerprint density at radius 2 is 1.80 bits per heavy atom. The van der Waals surface area contributed by atoms with Crippen LogP contribution in [-0.4, -0.2) is 6.04 Å². The minimum atomic E-state index is 0.0867. The van der Waals surface area contributed by atoms with Gasteiger partial charge in [-0.3, -0.25) is 0 Å². The van der Waals surface area contributed by atoms with Crippen molar-refractivity contribution in [2.24, 2.45) is 5.29 Å². The lowest BCUT2D eigenvalue weighted by Gasteiger charge is -2.36. The number of benzene rings is 2. The van der Waals surface area contributed by atoms with Gasteiger partial charge in [0.15, 0.2) is 0 Å². The Morgan fingerprint density at radius 1 is 1.10 bits per heavy atom. The summed E-state index contributed by atoms with van der Waals surface area (Å²) in [6, 6.07) is 18.4. The minimum Gasteiger partial charge on any atom is -0.378 e. The van der Waals surface area contributed by atoms with E-state index in [1.807, 2.05) is 43.3 Å². The second-order valence-corrected chi connectivity index (χ2v) is 5.13. The highest BCUT2D eigenvalue weighted by atomic mass is 16.3. The highest BCUT2D eigenvalue weighted by Gasteiger charge is 2.30. The van der Waals surface area contributed by atoms with Gasteiger partial charge in [0, 0.05) is 5.69 Å². The summed E-state index contributed by atoms with van der Waals surface area (Å²) in [7, 11) is 0. The van der Waals surface area contributed by atoms with Crippen LogP contribution in [0.15, 0.2) is 59.9 Å². The number of nitrogens with zero attached hydrogens (tertiary/aromatic N) is 2. The smallest absolute Gasteiger partial charge is 0.0682 e. The van der Waals surface area contributed by atoms with E-state index in [4.69, 9.17) is 0 Å². The molecular weight excluding hydrogens is 250 g/mol. The maximum absolute atomic E-state index is 11.1. The van der Waals surface area contributed by atoms with E-state index in [0.29, 0.717) is 0 Å². The van der Waals surface area contributed by atoms with Gasteiger partial charge < -0.3 is 5.32 Å². The topological polar surface area (TPSA) is 44.7 Å². The van der Waals surface area contributed by atoms with Crippen LogP contribution in [0, 0.1) is 4.91 Å². The first-order valence-corrected chi connectivity index (χ1v) is 6.82. The summed E-state index contributed by atoms with van der Waals surface area (Å²) in [5.74, 6) is 0. The Bertz CT molecular complexity index is 600. The van der Waals surface area contributed by atoms with Gasteiger partial charge in [-0.15, -0.1) is 4.91 Å². The third-order valence-electron chi connectivity index (χ3n) is 3.76. The Hall–Kier alpha value is -2.36. The van der Waals surface area contributed by atoms with Crippen molar-refractivity contribution in [3.63, 3.8) is 0 Å². The van der Waals surface area contributed by atoms with Gasteiger partial charge in [-0.05, 0) is 37.1 Å². The second-order valence-electron chi connectivity index (χ2n) is 5.13. The van der Waals surface area contributed by atoms with Crippen LogP contribution in [-0.2, 0) is 0 Å². The largest absolute Gasteiger partial charge is 0.378 e. The van der Waals surface area contributed by atoms with Crippen LogP contribution < -0.4 is 10.3 Å². The predicted octanol–water partition coefficient (Wildman–Crippen LogP) is 4.12. The monoisotopic (exact) mass is 267 g/mol. The van der Waals surface area contributed by atoms with Gasteiger partial charge in [0.1, 0.15) is 0 Å². The van der Waals surface area contributed by atoms with Crippen molar-refractivity contribution in [3.8, 4) is 0 Å². The first-order chi connectivity index (χ1) is 9.79. The maximum Gasteiger partial charge on any atom is 0.0682 e. The molecule has 3 rings (SSSR count). The summed E-state index contributed by atoms with van der Waals surface area (Å²) in [6.45, 7) is 2.02. The quantitative estimate of drug-likeness (QED) is 0.851. The standard InChI is InChI=1S/C16H17N3O/c1-12-11-15(17-13-7-3-2-4-8-13)14-9-5-6-10-16(14)19(12)18-20/h2-10,12,15,17H,11H2,1H3/t12-,15-/m0/s1. The number of nitrogens with one attached hydrogen (secondary N) is 1. The van der Waals surface area contributed by atoms with Crippen molar-refractivity contribution < 1.29 is 0 Å². The molecule has 2 aromatic carbocycles. The molecule has 1 aliphatic rings. The lowest BCUT2D eigenvalue weighted by atomic mass is 9.93. The number of para-hydroxylation sites is 2. The average Bonchev–Trinajstić information content (AvgIpc) is 2.49. The lowest BCUT2D eigenvalue weighted by Crippen LogP contribution is -2.36. The molecule has 0 fully saturated rings. The van der Waals surface area contributed by atoms with Crippen molar-refractivity contribution in [1.29, 1.82) is 0 Å². The number of fused-ring (bicyclic) bond motifs is 1. The number of rotatable bonds is 3. The molecule has 0 bridgehead atoms. The number of hydrogen-bond donors (Lipinski definition) is 1. The first-order valence-electron chi connectivity index (χ1n) is 6.82. The fraction of sp³-hybridized carbons (Fsp3) is 0.250. The van der Waals surface area contributed by atoms with Gasteiger partial charge in [0.25, 0.3) is 0 Å². The van der Waals surface area contributed by atoms with Gasteiger partial charge in [0.2, 0.25) is 0 Å². The molecule has 0 aromatic heterocycles. The van der Waals surface area contributed by atoms with Crippen LogP contribution in [0.1, 0.15) is 24.9 Å². The van der Waals surface area contributed by atoms with Crippen molar-refractivity contribution in [1.82, 2.24) is 0 Å². The highest BCUT2D eigenvalue weighted by molar-refractivity contribution is 5.59. The van der Waals surface area contributed by atoms with E-state index < -0.39 is 0 Å². The number of nitroso groups, excluding NO2 is 1. The van der Waals surface area contributed by atoms with Gasteiger partial charge in [-0.25, -0.2) is 5.01 Å². The summed E-state index contributed by atoms with van der Waals surface area (Å²) in [5, 5.41) is 8.28. The normalized spacial score (nSPS) is 21.1. The zero-order valence-electron chi connectivity index (χ0n) is 11.4. The van der Waals surface area contributed by atoms with E-state index in [1.54, 1.807) is 5.01 Å². The van der Waals surface area contributed by atoms with Gasteiger partial charge in [-0.2, -0.15) is 0 Å². The third-order valence-corrected chi connectivity index (χ3v) is 3.76. The SMILES string of the molecule is C[C@H]1C[C@H](Nc2ccccc2)c2ccccc2N1N=O. The molecule has 0 aliphatic carbocycles. The van der Waals surface area contributed by atoms with Crippen molar-refractivity contribution in [2.75, 3.05) is 10.3 Å². The molecular formula is C16H17N3O. The highest BCUT2D eigenvalue weighted by Crippen LogP contribution is 2.38. The average molecular weight is 267 g/mol. The molecule has 0 unspecified atom stereocenters. The molecule has 2 aromatic rings. The van der Waals surface area contributed by atoms with Crippen LogP contribution >= 0.6 is 0 Å². The molecule has 0 amide bonds. The predicted molar refractivity (Wildman–Crippen MR) is 81.6 cm³/mol. The second kappa shape index (κ2) is 5.33. The zero-order valence-corrected chi connectivity index (χ0v) is 11.4. The van der Waals surface area contributed by atoms with E-state index in [9.17, 15) is 4.91 Å². The molecule has 102 valence electrons. The fourth-order valence-corrected chi connectivity index (χ4v) is 2.79. The van der Waals surface area contributed by atoms with Gasteiger partial charge >= 0.3 is 0 Å². The van der Waals surface area contributed by atoms with Crippen molar-refractivity contribution in [3.05, 3.63) is 65.1 Å². The summed E-state index contributed by atoms with van der Waals surface area (Å²) in [6.07, 6.45) is 0.845. The van der Waals surface area contributed by atoms with Gasteiger partial charge in [0.05, 0.1) is 23.1 Å². The molecule has 1 N–H and O–H groups in total. The third kappa shape index (κ3) is 2.25. The first kappa shape index (κ1) is 12.7. The Morgan fingerprint density at radius 3 is 2.55 bits per heavy atom. The van der Waals surface area contributed by atoms with Crippen LogP contribution in [0.25, 0.3) is 0 Å². The fourth-order valence-electron chi connectivity index (χ4n) is 2.79. The molecule has 2 atom stereocenters. The number of anilines is 2. The summed E-state index contributed by atoms with van der Waals surface area (Å²) >= 11 is 0. The van der Waals surface area contributed by atoms with E-state index in [2.05, 4.69) is 28.8 Å². The molecule has 4 heteroatoms. The molecule has 1 aliphatic heterocycles. The molecule has 20 heavy (non-hydrogen) atoms. The maximum atomic E-state index is 11.1. The summed E-state index contributed by atoms with van der Waals surface area (Å²) < 4.78 is 0. The summed E-state index contributed by atoms with van der Waals surface area (Å²) in [4.78, 5) is 11.1. The Balaban J connectivity index is 1.95. The Labute approximate surface area is 118 Å². The molecule has 0 spiro atoms. The molecule has 0 radical (unpaired) electrons. The number of hydrogen-bond acceptors (Lipinski definition) is 3. The lowest BCUT2D eigenvalue weighted by molar-refractivity contribution is 0.522. The molecule has 0 saturated carbocycles.